The number of aryl methyl sites for hydroxylation is 1. The number of ether oxygens (including phenoxy) is 1. The molecule has 1 aliphatic heterocycles. The predicted molar refractivity (Wildman–Crippen MR) is 127 cm³/mol. The minimum absolute atomic E-state index is 0.247. The van der Waals surface area contributed by atoms with Crippen LogP contribution in [0.4, 0.5) is 5.82 Å². The molecule has 2 aliphatic rings. The summed E-state index contributed by atoms with van der Waals surface area (Å²) >= 11 is 0. The molecule has 0 saturated heterocycles. The van der Waals surface area contributed by atoms with Gasteiger partial charge in [0.25, 0.3) is 5.88 Å². The van der Waals surface area contributed by atoms with Crippen molar-refractivity contribution in [3.63, 3.8) is 0 Å². The summed E-state index contributed by atoms with van der Waals surface area (Å²) in [4.78, 5) is 11.4. The van der Waals surface area contributed by atoms with Gasteiger partial charge in [0, 0.05) is 18.7 Å². The quantitative estimate of drug-likeness (QED) is 0.624. The second kappa shape index (κ2) is 8.43. The van der Waals surface area contributed by atoms with Crippen LogP contribution in [0.1, 0.15) is 55.3 Å². The zero-order chi connectivity index (χ0) is 23.2. The van der Waals surface area contributed by atoms with Gasteiger partial charge in [-0.25, -0.2) is 9.97 Å². The Labute approximate surface area is 194 Å². The molecule has 0 radical (unpaired) electrons. The van der Waals surface area contributed by atoms with E-state index in [0.717, 1.165) is 56.5 Å². The zero-order valence-electron chi connectivity index (χ0n) is 19.6. The van der Waals surface area contributed by atoms with E-state index in [9.17, 15) is 5.11 Å². The molecule has 0 amide bonds. The summed E-state index contributed by atoms with van der Waals surface area (Å²) in [6.45, 7) is 6.09. The molecular formula is C25H32N6O2. The van der Waals surface area contributed by atoms with Gasteiger partial charge in [0.05, 0.1) is 35.9 Å². The van der Waals surface area contributed by atoms with Crippen molar-refractivity contribution >= 4 is 5.82 Å². The lowest BCUT2D eigenvalue weighted by Crippen LogP contribution is -2.31. The Morgan fingerprint density at radius 3 is 2.79 bits per heavy atom. The number of aliphatic hydroxyl groups is 1. The molecular weight excluding hydrogens is 416 g/mol. The molecule has 8 heteroatoms. The lowest BCUT2D eigenvalue weighted by Gasteiger charge is -2.32. The minimum Gasteiger partial charge on any atom is -0.433 e. The molecule has 8 nitrogen and oxygen atoms in total. The molecule has 174 valence electrons. The van der Waals surface area contributed by atoms with Crippen molar-refractivity contribution in [2.75, 3.05) is 19.3 Å². The van der Waals surface area contributed by atoms with E-state index in [1.54, 1.807) is 12.4 Å². The normalized spacial score (nSPS) is 23.3. The van der Waals surface area contributed by atoms with Gasteiger partial charge in [-0.15, -0.1) is 0 Å². The maximum Gasteiger partial charge on any atom is 0.263 e. The van der Waals surface area contributed by atoms with E-state index in [1.807, 2.05) is 17.8 Å². The van der Waals surface area contributed by atoms with E-state index < -0.39 is 5.60 Å². The number of nitrogens with zero attached hydrogens (tertiary/aromatic N) is 5. The number of benzene rings is 1. The first-order chi connectivity index (χ1) is 15.8. The van der Waals surface area contributed by atoms with Gasteiger partial charge in [0.1, 0.15) is 0 Å². The van der Waals surface area contributed by atoms with Crippen LogP contribution in [0.2, 0.25) is 0 Å². The molecule has 1 fully saturated rings. The highest BCUT2D eigenvalue weighted by Gasteiger charge is 2.30. The molecule has 0 bridgehead atoms. The number of fused-ring (bicyclic) bond motifs is 1. The van der Waals surface area contributed by atoms with Gasteiger partial charge in [0.2, 0.25) is 0 Å². The van der Waals surface area contributed by atoms with Crippen molar-refractivity contribution in [1.82, 2.24) is 24.6 Å². The molecule has 3 aromatic rings. The number of likely N-dealkylation sites (N-methyl/N-ethyl adjacent to an activating group) is 1. The maximum atomic E-state index is 10.2. The van der Waals surface area contributed by atoms with Crippen LogP contribution in [-0.4, -0.2) is 48.9 Å². The third-order valence-corrected chi connectivity index (χ3v) is 7.02. The van der Waals surface area contributed by atoms with Crippen LogP contribution in [0, 0.1) is 6.92 Å². The molecule has 1 saturated carbocycles. The second-order valence-corrected chi connectivity index (χ2v) is 9.85. The average molecular weight is 449 g/mol. The van der Waals surface area contributed by atoms with E-state index >= 15 is 0 Å². The minimum atomic E-state index is -0.571. The highest BCUT2D eigenvalue weighted by molar-refractivity contribution is 5.64. The van der Waals surface area contributed by atoms with Gasteiger partial charge in [-0.1, -0.05) is 0 Å². The van der Waals surface area contributed by atoms with E-state index in [1.165, 1.54) is 16.7 Å². The van der Waals surface area contributed by atoms with Crippen LogP contribution in [-0.2, 0) is 13.0 Å². The van der Waals surface area contributed by atoms with E-state index in [4.69, 9.17) is 15.5 Å². The van der Waals surface area contributed by atoms with Crippen LogP contribution < -0.4 is 10.5 Å². The largest absolute Gasteiger partial charge is 0.433 e. The SMILES string of the molecule is Cc1cc(-c2cnc(N)c(Oc3cnn([C@H]4CC[C@@](C)(O)CC4)c3)n2)cc2c1CN(C)CC2. The molecule has 3 N–H and O–H groups in total. The third kappa shape index (κ3) is 4.58. The molecule has 33 heavy (non-hydrogen) atoms. The van der Waals surface area contributed by atoms with E-state index in [0.29, 0.717) is 5.75 Å². The van der Waals surface area contributed by atoms with E-state index in [-0.39, 0.29) is 17.7 Å². The molecule has 1 aromatic carbocycles. The summed E-state index contributed by atoms with van der Waals surface area (Å²) in [6.07, 6.45) is 9.60. The van der Waals surface area contributed by atoms with Crippen LogP contribution >= 0.6 is 0 Å². The molecule has 0 atom stereocenters. The fraction of sp³-hybridized carbons (Fsp3) is 0.480. The van der Waals surface area contributed by atoms with Crippen LogP contribution in [0.15, 0.2) is 30.7 Å². The Hall–Kier alpha value is -2.97. The van der Waals surface area contributed by atoms with Crippen LogP contribution in [0.25, 0.3) is 11.3 Å². The lowest BCUT2D eigenvalue weighted by atomic mass is 9.84. The first-order valence-corrected chi connectivity index (χ1v) is 11.7. The number of hydrogen-bond acceptors (Lipinski definition) is 7. The van der Waals surface area contributed by atoms with Gasteiger partial charge >= 0.3 is 0 Å². The number of nitrogen functional groups attached to an aromatic ring is 1. The van der Waals surface area contributed by atoms with Gasteiger partial charge < -0.3 is 20.5 Å². The Balaban J connectivity index is 1.36. The first kappa shape index (κ1) is 21.9. The fourth-order valence-electron chi connectivity index (χ4n) is 4.92. The van der Waals surface area contributed by atoms with Gasteiger partial charge in [-0.05, 0) is 81.8 Å². The monoisotopic (exact) mass is 448 g/mol. The van der Waals surface area contributed by atoms with Crippen molar-refractivity contribution < 1.29 is 9.84 Å². The fourth-order valence-corrected chi connectivity index (χ4v) is 4.92. The number of hydrogen-bond donors (Lipinski definition) is 2. The summed E-state index contributed by atoms with van der Waals surface area (Å²) in [7, 11) is 2.16. The Morgan fingerprint density at radius 2 is 2.00 bits per heavy atom. The zero-order valence-corrected chi connectivity index (χ0v) is 19.6. The number of rotatable bonds is 4. The molecule has 0 unspecified atom stereocenters. The van der Waals surface area contributed by atoms with Gasteiger partial charge in [-0.3, -0.25) is 4.68 Å². The maximum absolute atomic E-state index is 10.2. The number of anilines is 1. The Morgan fingerprint density at radius 1 is 1.21 bits per heavy atom. The van der Waals surface area contributed by atoms with Crippen LogP contribution in [0.3, 0.4) is 0 Å². The summed E-state index contributed by atoms with van der Waals surface area (Å²) in [5.41, 5.74) is 11.3. The summed E-state index contributed by atoms with van der Waals surface area (Å²) in [6, 6.07) is 4.64. The second-order valence-electron chi connectivity index (χ2n) is 9.85. The molecule has 2 aromatic heterocycles. The smallest absolute Gasteiger partial charge is 0.263 e. The molecule has 5 rings (SSSR count). The van der Waals surface area contributed by atoms with Crippen molar-refractivity contribution in [1.29, 1.82) is 0 Å². The highest BCUT2D eigenvalue weighted by Crippen LogP contribution is 2.36. The Bertz CT molecular complexity index is 1160. The number of aromatic nitrogens is 4. The first-order valence-electron chi connectivity index (χ1n) is 11.7. The summed E-state index contributed by atoms with van der Waals surface area (Å²) in [5.74, 6) is 1.11. The van der Waals surface area contributed by atoms with Crippen molar-refractivity contribution in [3.05, 3.63) is 47.4 Å². The van der Waals surface area contributed by atoms with E-state index in [2.05, 4.69) is 41.1 Å². The van der Waals surface area contributed by atoms with Crippen molar-refractivity contribution in [3.8, 4) is 22.9 Å². The van der Waals surface area contributed by atoms with Gasteiger partial charge in [0.15, 0.2) is 11.6 Å². The topological polar surface area (TPSA) is 102 Å². The lowest BCUT2D eigenvalue weighted by molar-refractivity contribution is 0.00850. The average Bonchev–Trinajstić information content (AvgIpc) is 3.24. The summed E-state index contributed by atoms with van der Waals surface area (Å²) < 4.78 is 7.92. The third-order valence-electron chi connectivity index (χ3n) is 7.02. The Kier molecular flexibility index (Phi) is 5.58. The highest BCUT2D eigenvalue weighted by atomic mass is 16.5. The van der Waals surface area contributed by atoms with Crippen molar-refractivity contribution in [2.24, 2.45) is 0 Å². The standard InChI is InChI=1S/C25H32N6O2/c1-16-10-18(11-17-6-9-30(3)15-21(16)17)22-13-27-23(26)24(29-22)33-20-12-28-31(14-20)19-4-7-25(2,32)8-5-19/h10-14,19,32H,4-9,15H2,1-3H3,(H2,26,27)/t19-,25+. The summed E-state index contributed by atoms with van der Waals surface area (Å²) in [5, 5.41) is 14.7. The van der Waals surface area contributed by atoms with Gasteiger partial charge in [-0.2, -0.15) is 5.10 Å². The molecule has 3 heterocycles. The molecule has 0 spiro atoms. The predicted octanol–water partition coefficient (Wildman–Crippen LogP) is 3.88. The number of nitrogens with two attached hydrogens (primary N) is 1. The molecule has 1 aliphatic carbocycles. The van der Waals surface area contributed by atoms with Crippen LogP contribution in [0.5, 0.6) is 11.6 Å². The van der Waals surface area contributed by atoms with Crippen molar-refractivity contribution in [2.45, 2.75) is 64.1 Å².